The van der Waals surface area contributed by atoms with E-state index in [4.69, 9.17) is 4.74 Å². The summed E-state index contributed by atoms with van der Waals surface area (Å²) in [5.74, 6) is 0.553. The van der Waals surface area contributed by atoms with Crippen molar-refractivity contribution in [3.63, 3.8) is 0 Å². The van der Waals surface area contributed by atoms with Crippen LogP contribution in [0.25, 0.3) is 0 Å². The van der Waals surface area contributed by atoms with Crippen LogP contribution in [0.4, 0.5) is 5.69 Å². The maximum absolute atomic E-state index is 11.8. The molecule has 2 aromatic carbocycles. The second kappa shape index (κ2) is 10.7. The fourth-order valence-corrected chi connectivity index (χ4v) is 2.83. The number of thioether (sulfide) groups is 1. The van der Waals surface area contributed by atoms with Gasteiger partial charge in [0.15, 0.2) is 5.16 Å². The van der Waals surface area contributed by atoms with Crippen molar-refractivity contribution in [1.29, 1.82) is 0 Å². The number of ether oxygens (including phenoxy) is 1. The van der Waals surface area contributed by atoms with Crippen LogP contribution in [-0.2, 0) is 11.4 Å². The fourth-order valence-electron chi connectivity index (χ4n) is 2.23. The summed E-state index contributed by atoms with van der Waals surface area (Å²) >= 11 is 1.22. The Labute approximate surface area is 176 Å². The maximum Gasteiger partial charge on any atom is 0.269 e. The van der Waals surface area contributed by atoms with E-state index in [1.165, 1.54) is 30.1 Å². The number of nitrogens with one attached hydrogen (secondary N) is 1. The molecule has 0 saturated heterocycles. The van der Waals surface area contributed by atoms with Gasteiger partial charge in [-0.15, -0.1) is 0 Å². The highest BCUT2D eigenvalue weighted by molar-refractivity contribution is 7.99. The lowest BCUT2D eigenvalue weighted by molar-refractivity contribution is -0.384. The average Bonchev–Trinajstić information content (AvgIpc) is 2.78. The first kappa shape index (κ1) is 20.9. The van der Waals surface area contributed by atoms with Gasteiger partial charge in [0.2, 0.25) is 0 Å². The van der Waals surface area contributed by atoms with Crippen LogP contribution in [0.5, 0.6) is 5.75 Å². The molecule has 0 aliphatic rings. The van der Waals surface area contributed by atoms with Crippen LogP contribution < -0.4 is 10.2 Å². The molecule has 3 rings (SSSR count). The molecule has 0 radical (unpaired) electrons. The number of hydrazone groups is 1. The topological polar surface area (TPSA) is 120 Å². The van der Waals surface area contributed by atoms with E-state index in [0.717, 1.165) is 11.1 Å². The van der Waals surface area contributed by atoms with Gasteiger partial charge in [0.25, 0.3) is 11.6 Å². The highest BCUT2D eigenvalue weighted by Gasteiger charge is 2.05. The summed E-state index contributed by atoms with van der Waals surface area (Å²) in [6.07, 6.45) is 4.76. The van der Waals surface area contributed by atoms with Gasteiger partial charge >= 0.3 is 0 Å². The Balaban J connectivity index is 1.42. The van der Waals surface area contributed by atoms with Gasteiger partial charge in [0.05, 0.1) is 16.9 Å². The molecule has 1 N–H and O–H groups in total. The number of nitro benzene ring substituents is 1. The molecule has 1 heterocycles. The maximum atomic E-state index is 11.8. The van der Waals surface area contributed by atoms with E-state index >= 15 is 0 Å². The van der Waals surface area contributed by atoms with Gasteiger partial charge in [-0.05, 0) is 53.6 Å². The molecule has 0 atom stereocenters. The average molecular weight is 423 g/mol. The number of non-ortho nitro benzene ring substituents is 1. The largest absolute Gasteiger partial charge is 0.489 e. The molecule has 0 unspecified atom stereocenters. The quantitative estimate of drug-likeness (QED) is 0.184. The molecular weight excluding hydrogens is 406 g/mol. The first-order chi connectivity index (χ1) is 14.6. The summed E-state index contributed by atoms with van der Waals surface area (Å²) in [5, 5.41) is 15.1. The van der Waals surface area contributed by atoms with Crippen LogP contribution in [0.3, 0.4) is 0 Å². The zero-order valence-corrected chi connectivity index (χ0v) is 16.5. The van der Waals surface area contributed by atoms with Crippen LogP contribution >= 0.6 is 11.8 Å². The molecule has 3 aromatic rings. The highest BCUT2D eigenvalue weighted by Crippen LogP contribution is 2.16. The van der Waals surface area contributed by atoms with Gasteiger partial charge in [-0.25, -0.2) is 15.4 Å². The zero-order valence-electron chi connectivity index (χ0n) is 15.7. The zero-order chi connectivity index (χ0) is 21.2. The van der Waals surface area contributed by atoms with E-state index in [9.17, 15) is 14.9 Å². The molecule has 0 spiro atoms. The van der Waals surface area contributed by atoms with Gasteiger partial charge in [-0.1, -0.05) is 11.8 Å². The number of benzene rings is 2. The summed E-state index contributed by atoms with van der Waals surface area (Å²) in [6.45, 7) is 0.296. The predicted octanol–water partition coefficient (Wildman–Crippen LogP) is 3.21. The standard InChI is InChI=1S/C20H17N5O4S/c26-19(14-30-20-21-10-1-11-22-20)24-23-12-15-4-8-18(9-5-15)29-13-16-2-6-17(7-3-16)25(27)28/h1-12H,13-14H2,(H,24,26)/b23-12+. The molecule has 152 valence electrons. The monoisotopic (exact) mass is 423 g/mol. The Hall–Kier alpha value is -3.79. The SMILES string of the molecule is O=C(CSc1ncccn1)N/N=C/c1ccc(OCc2ccc([N+](=O)[O-])cc2)cc1. The third-order valence-electron chi connectivity index (χ3n) is 3.71. The number of nitro groups is 1. The van der Waals surface area contributed by atoms with Crippen molar-refractivity contribution in [2.24, 2.45) is 5.10 Å². The van der Waals surface area contributed by atoms with E-state index in [1.54, 1.807) is 54.9 Å². The summed E-state index contributed by atoms with van der Waals surface area (Å²) in [7, 11) is 0. The minimum absolute atomic E-state index is 0.0430. The van der Waals surface area contributed by atoms with Crippen LogP contribution in [0.2, 0.25) is 0 Å². The molecule has 10 heteroatoms. The Morgan fingerprint density at radius 1 is 1.13 bits per heavy atom. The van der Waals surface area contributed by atoms with Crippen molar-refractivity contribution < 1.29 is 14.5 Å². The minimum atomic E-state index is -0.441. The van der Waals surface area contributed by atoms with Crippen LogP contribution in [0, 0.1) is 10.1 Å². The second-order valence-electron chi connectivity index (χ2n) is 5.89. The van der Waals surface area contributed by atoms with Crippen molar-refractivity contribution in [1.82, 2.24) is 15.4 Å². The Bertz CT molecular complexity index is 1010. The van der Waals surface area contributed by atoms with Gasteiger partial charge in [0, 0.05) is 24.5 Å². The van der Waals surface area contributed by atoms with Crippen molar-refractivity contribution in [3.8, 4) is 5.75 Å². The van der Waals surface area contributed by atoms with E-state index in [0.29, 0.717) is 17.5 Å². The number of carbonyl (C=O) groups excluding carboxylic acids is 1. The number of hydrogen-bond donors (Lipinski definition) is 1. The van der Waals surface area contributed by atoms with Gasteiger partial charge < -0.3 is 4.74 Å². The molecule has 30 heavy (non-hydrogen) atoms. The van der Waals surface area contributed by atoms with Gasteiger partial charge in [0.1, 0.15) is 12.4 Å². The van der Waals surface area contributed by atoms with Crippen LogP contribution in [0.1, 0.15) is 11.1 Å². The number of carbonyl (C=O) groups is 1. The van der Waals surface area contributed by atoms with Crippen molar-refractivity contribution in [3.05, 3.63) is 88.2 Å². The first-order valence-corrected chi connectivity index (χ1v) is 9.76. The predicted molar refractivity (Wildman–Crippen MR) is 112 cm³/mol. The normalized spacial score (nSPS) is 10.7. The van der Waals surface area contributed by atoms with Crippen molar-refractivity contribution >= 4 is 29.6 Å². The summed E-state index contributed by atoms with van der Waals surface area (Å²) in [5.41, 5.74) is 4.11. The summed E-state index contributed by atoms with van der Waals surface area (Å²) in [4.78, 5) is 30.1. The summed E-state index contributed by atoms with van der Waals surface area (Å²) < 4.78 is 5.67. The lowest BCUT2D eigenvalue weighted by Crippen LogP contribution is -2.19. The number of nitrogens with zero attached hydrogens (tertiary/aromatic N) is 4. The molecule has 0 fully saturated rings. The number of rotatable bonds is 9. The fraction of sp³-hybridized carbons (Fsp3) is 0.100. The number of aromatic nitrogens is 2. The molecule has 0 saturated carbocycles. The van der Waals surface area contributed by atoms with Crippen LogP contribution in [0.15, 0.2) is 77.2 Å². The van der Waals surface area contributed by atoms with Crippen molar-refractivity contribution in [2.45, 2.75) is 11.8 Å². The third-order valence-corrected chi connectivity index (χ3v) is 4.59. The first-order valence-electron chi connectivity index (χ1n) is 8.78. The van der Waals surface area contributed by atoms with Crippen molar-refractivity contribution in [2.75, 3.05) is 5.75 Å². The van der Waals surface area contributed by atoms with Gasteiger partial charge in [-0.2, -0.15) is 5.10 Å². The minimum Gasteiger partial charge on any atom is -0.489 e. The number of hydrogen-bond acceptors (Lipinski definition) is 8. The molecule has 0 aliphatic carbocycles. The van der Waals surface area contributed by atoms with E-state index in [1.807, 2.05) is 0 Å². The Kier molecular flexibility index (Phi) is 7.45. The smallest absolute Gasteiger partial charge is 0.269 e. The number of amides is 1. The molecule has 9 nitrogen and oxygen atoms in total. The molecule has 1 aromatic heterocycles. The molecule has 0 bridgehead atoms. The van der Waals surface area contributed by atoms with E-state index in [2.05, 4.69) is 20.5 Å². The lowest BCUT2D eigenvalue weighted by atomic mass is 10.2. The lowest BCUT2D eigenvalue weighted by Gasteiger charge is -2.06. The second-order valence-corrected chi connectivity index (χ2v) is 6.84. The Morgan fingerprint density at radius 2 is 1.83 bits per heavy atom. The van der Waals surface area contributed by atoms with E-state index < -0.39 is 4.92 Å². The highest BCUT2D eigenvalue weighted by atomic mass is 32.2. The molecular formula is C20H17N5O4S. The molecule has 1 amide bonds. The van der Waals surface area contributed by atoms with Crippen LogP contribution in [-0.4, -0.2) is 32.8 Å². The van der Waals surface area contributed by atoms with E-state index in [-0.39, 0.29) is 17.3 Å². The summed E-state index contributed by atoms with van der Waals surface area (Å²) in [6, 6.07) is 15.1. The van der Waals surface area contributed by atoms with Gasteiger partial charge in [-0.3, -0.25) is 14.9 Å². The third kappa shape index (κ3) is 6.67. The Morgan fingerprint density at radius 3 is 2.50 bits per heavy atom. The molecule has 0 aliphatic heterocycles.